The number of esters is 1. The van der Waals surface area contributed by atoms with Crippen LogP contribution in [0.5, 0.6) is 0 Å². The number of anilines is 3. The summed E-state index contributed by atoms with van der Waals surface area (Å²) in [4.78, 5) is 42.1. The van der Waals surface area contributed by atoms with Crippen LogP contribution in [-0.2, 0) is 44.0 Å². The fourth-order valence-corrected chi connectivity index (χ4v) is 6.88. The number of hydrogen-bond donors (Lipinski definition) is 2. The highest BCUT2D eigenvalue weighted by atomic mass is 35.5. The SMILES string of the molecule is O=C(Cc1ccc(C(CCn2ccnc2)(C(=O)ONc2c(Cl)cccc2Cl)c2ccccc2Nc2c(Cl)cccc2Cl)cc1)OCCc1ccccn1. The highest BCUT2D eigenvalue weighted by Gasteiger charge is 2.46. The Morgan fingerprint density at radius 3 is 2.09 bits per heavy atom. The number of imidazole rings is 1. The van der Waals surface area contributed by atoms with E-state index in [1.54, 1.807) is 67.3 Å². The quantitative estimate of drug-likeness (QED) is 0.0783. The van der Waals surface area contributed by atoms with Gasteiger partial charge in [-0.15, -0.1) is 0 Å². The van der Waals surface area contributed by atoms with Gasteiger partial charge in [-0.05, 0) is 65.6 Å². The van der Waals surface area contributed by atoms with Crippen LogP contribution in [0.1, 0.15) is 28.8 Å². The molecule has 53 heavy (non-hydrogen) atoms. The Morgan fingerprint density at radius 1 is 0.755 bits per heavy atom. The van der Waals surface area contributed by atoms with E-state index in [2.05, 4.69) is 20.8 Å². The molecular weight excluding hydrogens is 756 g/mol. The van der Waals surface area contributed by atoms with Crippen LogP contribution in [-0.4, -0.2) is 33.1 Å². The lowest BCUT2D eigenvalue weighted by Gasteiger charge is -2.34. The van der Waals surface area contributed by atoms with Crippen molar-refractivity contribution in [1.29, 1.82) is 0 Å². The smallest absolute Gasteiger partial charge is 0.347 e. The van der Waals surface area contributed by atoms with E-state index in [9.17, 15) is 9.59 Å². The molecule has 0 radical (unpaired) electrons. The molecule has 1 unspecified atom stereocenters. The summed E-state index contributed by atoms with van der Waals surface area (Å²) < 4.78 is 7.37. The maximum atomic E-state index is 14.9. The Labute approximate surface area is 326 Å². The first-order valence-corrected chi connectivity index (χ1v) is 18.1. The number of carbonyl (C=O) groups excluding carboxylic acids is 2. The minimum atomic E-state index is -1.48. The highest BCUT2D eigenvalue weighted by molar-refractivity contribution is 6.39. The number of carbonyl (C=O) groups is 2. The standard InChI is InChI=1S/C40H33Cl4N5O4/c41-31-9-5-10-32(42)37(31)47-35-13-2-1-8-30(35)40(19-22-49-23-21-45-26-49,39(51)53-48-38-33(43)11-6-12-34(38)44)28-16-14-27(15-17-28)25-36(50)52-24-18-29-7-3-4-20-46-29/h1-17,20-21,23,26,47-48H,18-19,22,24-25H2. The van der Waals surface area contributed by atoms with Gasteiger partial charge in [0, 0.05) is 42.9 Å². The average molecular weight is 790 g/mol. The molecule has 0 bridgehead atoms. The first-order chi connectivity index (χ1) is 25.7. The summed E-state index contributed by atoms with van der Waals surface area (Å²) in [7, 11) is 0. The molecule has 13 heteroatoms. The molecule has 0 aliphatic heterocycles. The first-order valence-electron chi connectivity index (χ1n) is 16.6. The highest BCUT2D eigenvalue weighted by Crippen LogP contribution is 2.44. The Balaban J connectivity index is 1.38. The largest absolute Gasteiger partial charge is 0.465 e. The Bertz CT molecular complexity index is 2130. The summed E-state index contributed by atoms with van der Waals surface area (Å²) in [6.45, 7) is 0.576. The van der Waals surface area contributed by atoms with Gasteiger partial charge < -0.3 is 19.5 Å². The number of benzene rings is 4. The van der Waals surface area contributed by atoms with Crippen molar-refractivity contribution in [3.05, 3.63) is 171 Å². The second-order valence-electron chi connectivity index (χ2n) is 12.0. The van der Waals surface area contributed by atoms with Crippen molar-refractivity contribution < 1.29 is 19.2 Å². The van der Waals surface area contributed by atoms with E-state index in [0.29, 0.717) is 51.1 Å². The molecule has 4 aromatic carbocycles. The molecule has 2 aromatic heterocycles. The molecule has 270 valence electrons. The topological polar surface area (TPSA) is 107 Å². The van der Waals surface area contributed by atoms with Gasteiger partial charge in [-0.3, -0.25) is 9.78 Å². The van der Waals surface area contributed by atoms with Crippen LogP contribution >= 0.6 is 46.4 Å². The van der Waals surface area contributed by atoms with Gasteiger partial charge in [0.1, 0.15) is 11.1 Å². The van der Waals surface area contributed by atoms with Crippen molar-refractivity contribution in [2.45, 2.75) is 31.2 Å². The number of nitrogens with zero attached hydrogens (tertiary/aromatic N) is 3. The van der Waals surface area contributed by atoms with Crippen molar-refractivity contribution in [3.63, 3.8) is 0 Å². The number of hydrogen-bond acceptors (Lipinski definition) is 8. The molecule has 2 N–H and O–H groups in total. The number of pyridine rings is 1. The maximum absolute atomic E-state index is 14.9. The van der Waals surface area contributed by atoms with Gasteiger partial charge in [0.15, 0.2) is 0 Å². The number of nitrogens with one attached hydrogen (secondary N) is 2. The number of rotatable bonds is 15. The van der Waals surface area contributed by atoms with E-state index in [4.69, 9.17) is 56.0 Å². The molecule has 0 saturated carbocycles. The first kappa shape index (κ1) is 37.7. The Kier molecular flexibility index (Phi) is 12.5. The molecule has 2 heterocycles. The summed E-state index contributed by atoms with van der Waals surface area (Å²) in [6.07, 6.45) is 7.61. The van der Waals surface area contributed by atoms with E-state index < -0.39 is 11.4 Å². The van der Waals surface area contributed by atoms with E-state index in [0.717, 1.165) is 5.69 Å². The van der Waals surface area contributed by atoms with Gasteiger partial charge in [0.25, 0.3) is 0 Å². The number of aromatic nitrogens is 3. The lowest BCUT2D eigenvalue weighted by atomic mass is 9.71. The zero-order chi connectivity index (χ0) is 37.2. The molecular formula is C40H33Cl4N5O4. The molecule has 0 aliphatic carbocycles. The van der Waals surface area contributed by atoms with Gasteiger partial charge in [0.05, 0.1) is 45.1 Å². The normalized spacial score (nSPS) is 12.1. The molecule has 9 nitrogen and oxygen atoms in total. The molecule has 0 spiro atoms. The fourth-order valence-electron chi connectivity index (χ4n) is 5.92. The monoisotopic (exact) mass is 787 g/mol. The van der Waals surface area contributed by atoms with Crippen LogP contribution in [0.2, 0.25) is 20.1 Å². The van der Waals surface area contributed by atoms with Crippen LogP contribution in [0.3, 0.4) is 0 Å². The average Bonchev–Trinajstić information content (AvgIpc) is 3.69. The van der Waals surface area contributed by atoms with E-state index in [-0.39, 0.29) is 41.2 Å². The van der Waals surface area contributed by atoms with Gasteiger partial charge in [-0.1, -0.05) is 107 Å². The van der Waals surface area contributed by atoms with Crippen LogP contribution in [0.25, 0.3) is 0 Å². The van der Waals surface area contributed by atoms with E-state index in [1.165, 1.54) is 0 Å². The van der Waals surface area contributed by atoms with Crippen LogP contribution in [0, 0.1) is 0 Å². The molecule has 1 atom stereocenters. The Morgan fingerprint density at radius 2 is 1.43 bits per heavy atom. The second-order valence-corrected chi connectivity index (χ2v) is 13.6. The number of ether oxygens (including phenoxy) is 1. The maximum Gasteiger partial charge on any atom is 0.347 e. The molecule has 6 aromatic rings. The molecule has 6 rings (SSSR count). The van der Waals surface area contributed by atoms with Gasteiger partial charge in [-0.25, -0.2) is 15.3 Å². The van der Waals surface area contributed by atoms with E-state index >= 15 is 0 Å². The predicted molar refractivity (Wildman–Crippen MR) is 209 cm³/mol. The minimum Gasteiger partial charge on any atom is -0.465 e. The summed E-state index contributed by atoms with van der Waals surface area (Å²) in [6, 6.07) is 30.3. The summed E-state index contributed by atoms with van der Waals surface area (Å²) in [5, 5.41) is 4.69. The third-order valence-corrected chi connectivity index (χ3v) is 9.87. The second kappa shape index (κ2) is 17.6. The van der Waals surface area contributed by atoms with Crippen molar-refractivity contribution in [3.8, 4) is 0 Å². The molecule has 0 fully saturated rings. The fraction of sp³-hybridized carbons (Fsp3) is 0.150. The molecule has 0 aliphatic rings. The number of para-hydroxylation sites is 3. The Hall–Kier alpha value is -5.06. The zero-order valence-electron chi connectivity index (χ0n) is 28.1. The van der Waals surface area contributed by atoms with Crippen LogP contribution in [0.15, 0.2) is 128 Å². The van der Waals surface area contributed by atoms with Crippen molar-refractivity contribution in [2.24, 2.45) is 0 Å². The summed E-state index contributed by atoms with van der Waals surface area (Å²) in [5.41, 5.74) is 5.18. The number of aryl methyl sites for hydroxylation is 1. The minimum absolute atomic E-state index is 0.0324. The predicted octanol–water partition coefficient (Wildman–Crippen LogP) is 9.91. The van der Waals surface area contributed by atoms with E-state index in [1.807, 2.05) is 65.4 Å². The zero-order valence-corrected chi connectivity index (χ0v) is 31.2. The lowest BCUT2D eigenvalue weighted by Crippen LogP contribution is -2.41. The summed E-state index contributed by atoms with van der Waals surface area (Å²) >= 11 is 26.1. The lowest BCUT2D eigenvalue weighted by molar-refractivity contribution is -0.146. The third-order valence-electron chi connectivity index (χ3n) is 8.61. The van der Waals surface area contributed by atoms with Crippen molar-refractivity contribution in [1.82, 2.24) is 14.5 Å². The van der Waals surface area contributed by atoms with Gasteiger partial charge >= 0.3 is 11.9 Å². The molecule has 0 saturated heterocycles. The number of halogens is 4. The van der Waals surface area contributed by atoms with Crippen LogP contribution < -0.4 is 10.8 Å². The molecule has 0 amide bonds. The third kappa shape index (κ3) is 9.12. The van der Waals surface area contributed by atoms with Crippen LogP contribution in [0.4, 0.5) is 17.1 Å². The van der Waals surface area contributed by atoms with Crippen molar-refractivity contribution in [2.75, 3.05) is 17.4 Å². The van der Waals surface area contributed by atoms with Crippen molar-refractivity contribution >= 4 is 75.4 Å². The van der Waals surface area contributed by atoms with Gasteiger partial charge in [0.2, 0.25) is 0 Å². The van der Waals surface area contributed by atoms with Gasteiger partial charge in [-0.2, -0.15) is 0 Å². The summed E-state index contributed by atoms with van der Waals surface area (Å²) in [5.74, 6) is -1.04.